The van der Waals surface area contributed by atoms with Gasteiger partial charge in [-0.15, -0.1) is 11.3 Å². The molecule has 0 radical (unpaired) electrons. The molecule has 1 unspecified atom stereocenters. The molecule has 0 aromatic carbocycles. The maximum Gasteiger partial charge on any atom is 0.257 e. The molecule has 2 amide bonds. The molecule has 30 heavy (non-hydrogen) atoms. The highest BCUT2D eigenvalue weighted by Crippen LogP contribution is 2.32. The van der Waals surface area contributed by atoms with Crippen LogP contribution in [0.2, 0.25) is 0 Å². The Hall–Kier alpha value is -2.12. The number of carbonyl (C=O) groups is 2. The number of carbonyl (C=O) groups excluding carboxylic acids is 2. The molecule has 0 saturated carbocycles. The largest absolute Gasteiger partial charge is 0.339 e. The summed E-state index contributed by atoms with van der Waals surface area (Å²) in [5, 5.41) is 0.997. The van der Waals surface area contributed by atoms with E-state index < -0.39 is 0 Å². The topological polar surface area (TPSA) is 48.8 Å². The molecule has 0 N–H and O–H groups in total. The Balaban J connectivity index is 1.39. The minimum atomic E-state index is 0.108. The Bertz CT molecular complexity index is 897. The third-order valence-electron chi connectivity index (χ3n) is 6.56. The number of aryl methyl sites for hydroxylation is 1. The van der Waals surface area contributed by atoms with Gasteiger partial charge in [-0.2, -0.15) is 0 Å². The molecule has 6 nitrogen and oxygen atoms in total. The van der Waals surface area contributed by atoms with Crippen LogP contribution < -0.4 is 0 Å². The molecule has 4 rings (SSSR count). The number of amides is 2. The lowest BCUT2D eigenvalue weighted by Crippen LogP contribution is -2.53. The van der Waals surface area contributed by atoms with Crippen molar-refractivity contribution in [2.24, 2.45) is 0 Å². The number of piperidine rings is 1. The lowest BCUT2D eigenvalue weighted by Gasteiger charge is -2.38. The lowest BCUT2D eigenvalue weighted by atomic mass is 10.0. The summed E-state index contributed by atoms with van der Waals surface area (Å²) in [7, 11) is 0. The second-order valence-corrected chi connectivity index (χ2v) is 9.76. The van der Waals surface area contributed by atoms with Gasteiger partial charge >= 0.3 is 0 Å². The average molecular weight is 429 g/mol. The Labute approximate surface area is 183 Å². The monoisotopic (exact) mass is 428 g/mol. The molecule has 2 aromatic heterocycles. The van der Waals surface area contributed by atoms with Crippen LogP contribution >= 0.6 is 11.3 Å². The third kappa shape index (κ3) is 4.18. The molecule has 0 spiro atoms. The van der Waals surface area contributed by atoms with E-state index in [0.29, 0.717) is 25.7 Å². The van der Waals surface area contributed by atoms with E-state index in [1.54, 1.807) is 11.3 Å². The van der Waals surface area contributed by atoms with Gasteiger partial charge in [0, 0.05) is 56.0 Å². The van der Waals surface area contributed by atoms with Gasteiger partial charge in [0.05, 0.1) is 12.1 Å². The molecule has 4 heterocycles. The number of nitrogens with zero attached hydrogens (tertiary/aromatic N) is 4. The van der Waals surface area contributed by atoms with Crippen LogP contribution in [0.1, 0.15) is 47.0 Å². The Morgan fingerprint density at radius 1 is 1.03 bits per heavy atom. The fourth-order valence-electron chi connectivity index (χ4n) is 4.53. The molecule has 0 bridgehead atoms. The summed E-state index contributed by atoms with van der Waals surface area (Å²) in [6, 6.07) is 4.32. The second kappa shape index (κ2) is 8.94. The van der Waals surface area contributed by atoms with E-state index in [4.69, 9.17) is 0 Å². The number of hydrogen-bond donors (Lipinski definition) is 0. The smallest absolute Gasteiger partial charge is 0.257 e. The average Bonchev–Trinajstić information content (AvgIpc) is 3.37. The van der Waals surface area contributed by atoms with Crippen LogP contribution in [-0.4, -0.2) is 76.4 Å². The minimum Gasteiger partial charge on any atom is -0.339 e. The SMILES string of the molecule is Cc1sc(-n2cccc2)c(C(=O)N2CCN(CC(=O)N3CCCCC3C)CC2)c1C. The summed E-state index contributed by atoms with van der Waals surface area (Å²) in [6.07, 6.45) is 7.43. The molecule has 2 aliphatic rings. The maximum absolute atomic E-state index is 13.4. The van der Waals surface area contributed by atoms with E-state index in [-0.39, 0.29) is 11.8 Å². The van der Waals surface area contributed by atoms with Crippen molar-refractivity contribution in [1.82, 2.24) is 19.3 Å². The van der Waals surface area contributed by atoms with E-state index in [9.17, 15) is 9.59 Å². The van der Waals surface area contributed by atoms with Crippen LogP contribution in [0.25, 0.3) is 5.00 Å². The van der Waals surface area contributed by atoms with Gasteiger partial charge in [0.15, 0.2) is 0 Å². The van der Waals surface area contributed by atoms with Gasteiger partial charge in [0.1, 0.15) is 5.00 Å². The van der Waals surface area contributed by atoms with E-state index in [1.165, 1.54) is 11.3 Å². The van der Waals surface area contributed by atoms with Crippen molar-refractivity contribution in [2.75, 3.05) is 39.3 Å². The van der Waals surface area contributed by atoms with E-state index in [2.05, 4.69) is 18.7 Å². The van der Waals surface area contributed by atoms with Crippen LogP contribution in [-0.2, 0) is 4.79 Å². The summed E-state index contributed by atoms with van der Waals surface area (Å²) in [6.45, 7) is 10.5. The van der Waals surface area contributed by atoms with Gasteiger partial charge in [0.2, 0.25) is 5.91 Å². The molecule has 2 saturated heterocycles. The first-order valence-electron chi connectivity index (χ1n) is 11.0. The molecule has 7 heteroatoms. The van der Waals surface area contributed by atoms with Crippen molar-refractivity contribution in [3.63, 3.8) is 0 Å². The number of thiophene rings is 1. The van der Waals surface area contributed by atoms with Crippen LogP contribution in [0.3, 0.4) is 0 Å². The standard InChI is InChI=1S/C23H32N4O2S/c1-17-8-4-5-11-27(17)20(28)16-24-12-14-25(15-13-24)22(29)21-18(2)19(3)30-23(21)26-9-6-7-10-26/h6-7,9-10,17H,4-5,8,11-16H2,1-3H3. The third-order valence-corrected chi connectivity index (χ3v) is 7.78. The zero-order chi connectivity index (χ0) is 21.3. The van der Waals surface area contributed by atoms with Gasteiger partial charge < -0.3 is 14.4 Å². The predicted molar refractivity (Wildman–Crippen MR) is 120 cm³/mol. The van der Waals surface area contributed by atoms with Gasteiger partial charge in [-0.05, 0) is 57.7 Å². The molecule has 0 aliphatic carbocycles. The normalized spacial score (nSPS) is 20.6. The zero-order valence-electron chi connectivity index (χ0n) is 18.3. The Morgan fingerprint density at radius 3 is 2.40 bits per heavy atom. The predicted octanol–water partition coefficient (Wildman–Crippen LogP) is 3.31. The summed E-state index contributed by atoms with van der Waals surface area (Å²) in [5.41, 5.74) is 1.89. The van der Waals surface area contributed by atoms with Crippen LogP contribution in [0.15, 0.2) is 24.5 Å². The van der Waals surface area contributed by atoms with Crippen molar-refractivity contribution in [3.05, 3.63) is 40.5 Å². The number of likely N-dealkylation sites (tertiary alicyclic amines) is 1. The highest BCUT2D eigenvalue weighted by molar-refractivity contribution is 7.15. The summed E-state index contributed by atoms with van der Waals surface area (Å²) >= 11 is 1.67. The number of aromatic nitrogens is 1. The fraction of sp³-hybridized carbons (Fsp3) is 0.565. The molecule has 2 fully saturated rings. The van der Waals surface area contributed by atoms with Crippen LogP contribution in [0.4, 0.5) is 0 Å². The maximum atomic E-state index is 13.4. The first kappa shape index (κ1) is 21.1. The highest BCUT2D eigenvalue weighted by atomic mass is 32.1. The molecular weight excluding hydrogens is 396 g/mol. The van der Waals surface area contributed by atoms with Crippen LogP contribution in [0, 0.1) is 13.8 Å². The minimum absolute atomic E-state index is 0.108. The number of piperazine rings is 1. The fourth-order valence-corrected chi connectivity index (χ4v) is 5.65. The van der Waals surface area contributed by atoms with Gasteiger partial charge in [-0.3, -0.25) is 14.5 Å². The first-order chi connectivity index (χ1) is 14.5. The Kier molecular flexibility index (Phi) is 6.29. The van der Waals surface area contributed by atoms with E-state index in [0.717, 1.165) is 48.6 Å². The van der Waals surface area contributed by atoms with Crippen molar-refractivity contribution in [1.29, 1.82) is 0 Å². The number of hydrogen-bond acceptors (Lipinski definition) is 4. The van der Waals surface area contributed by atoms with E-state index >= 15 is 0 Å². The van der Waals surface area contributed by atoms with E-state index in [1.807, 2.05) is 45.8 Å². The molecular formula is C23H32N4O2S. The van der Waals surface area contributed by atoms with Crippen molar-refractivity contribution in [3.8, 4) is 5.00 Å². The van der Waals surface area contributed by atoms with Crippen LogP contribution in [0.5, 0.6) is 0 Å². The van der Waals surface area contributed by atoms with Gasteiger partial charge in [-0.25, -0.2) is 0 Å². The quantitative estimate of drug-likeness (QED) is 0.751. The molecule has 162 valence electrons. The summed E-state index contributed by atoms with van der Waals surface area (Å²) in [5.74, 6) is 0.345. The lowest BCUT2D eigenvalue weighted by molar-refractivity contribution is -0.136. The van der Waals surface area contributed by atoms with Gasteiger partial charge in [-0.1, -0.05) is 0 Å². The summed E-state index contributed by atoms with van der Waals surface area (Å²) < 4.78 is 2.03. The highest BCUT2D eigenvalue weighted by Gasteiger charge is 2.30. The Morgan fingerprint density at radius 2 is 1.73 bits per heavy atom. The zero-order valence-corrected chi connectivity index (χ0v) is 19.1. The van der Waals surface area contributed by atoms with Crippen molar-refractivity contribution in [2.45, 2.75) is 46.1 Å². The summed E-state index contributed by atoms with van der Waals surface area (Å²) in [4.78, 5) is 33.5. The second-order valence-electron chi connectivity index (χ2n) is 8.55. The molecule has 2 aliphatic heterocycles. The van der Waals surface area contributed by atoms with Crippen molar-refractivity contribution < 1.29 is 9.59 Å². The first-order valence-corrected chi connectivity index (χ1v) is 11.8. The molecule has 2 aromatic rings. The molecule has 1 atom stereocenters. The van der Waals surface area contributed by atoms with Gasteiger partial charge in [0.25, 0.3) is 5.91 Å². The van der Waals surface area contributed by atoms with Crippen molar-refractivity contribution >= 4 is 23.2 Å². The number of rotatable bonds is 4.